The molecule has 49 heavy (non-hydrogen) atoms. The van der Waals surface area contributed by atoms with Crippen LogP contribution in [-0.4, -0.2) is 0 Å². The minimum Gasteiger partial charge on any atom is -0.0616 e. The van der Waals surface area contributed by atoms with E-state index in [2.05, 4.69) is 0 Å². The van der Waals surface area contributed by atoms with Gasteiger partial charge < -0.3 is 0 Å². The topological polar surface area (TPSA) is 0 Å². The van der Waals surface area contributed by atoms with Gasteiger partial charge in [0, 0.05) is 0 Å². The summed E-state index contributed by atoms with van der Waals surface area (Å²) in [6.45, 7) is 0. The molecule has 0 aliphatic carbocycles. The van der Waals surface area contributed by atoms with Gasteiger partial charge in [-0.25, -0.2) is 0 Å². The summed E-state index contributed by atoms with van der Waals surface area (Å²) >= 11 is 0. The molecule has 0 nitrogen and oxygen atoms in total. The molecule has 0 atom stereocenters. The SMILES string of the molecule is [2H]c1c([2H])c(-c2c([2H])c([2H])c3c([2H])c([2H])c4c([2H])c([2H])c([2H])c5c([2H])c([2H])c2c3c45)c([2H])c(-c2c([2H])c([2H])c3c([2H])c([2H])c4c([2H])c([2H])c([2H])c5c([2H])c([2H])c2c3c45)c1Cc1c([2H])c([2H])c2c([2H])c([2H])c([2H])c([2H])c2c1[2H]. The van der Waals surface area contributed by atoms with Crippen LogP contribution in [0.5, 0.6) is 0 Å². The smallest absolute Gasteiger partial charge is 0.0616 e. The van der Waals surface area contributed by atoms with Crippen LogP contribution in [-0.2, 0) is 6.42 Å². The zero-order valence-corrected chi connectivity index (χ0v) is 24.7. The van der Waals surface area contributed by atoms with Gasteiger partial charge in [0.1, 0.15) is 0 Å². The monoisotopic (exact) mass is 646 g/mol. The molecule has 0 aliphatic rings. The number of hydrogen-bond acceptors (Lipinski definition) is 0. The van der Waals surface area contributed by atoms with Crippen molar-refractivity contribution in [2.24, 2.45) is 0 Å². The van der Waals surface area contributed by atoms with E-state index in [1.807, 2.05) is 0 Å². The molecule has 0 saturated carbocycles. The Labute approximate surface area is 323 Å². The molecule has 0 fully saturated rings. The summed E-state index contributed by atoms with van der Waals surface area (Å²) in [4.78, 5) is 0. The maximum absolute atomic E-state index is 10.3. The molecule has 11 aromatic carbocycles. The van der Waals surface area contributed by atoms with Crippen molar-refractivity contribution in [3.8, 4) is 22.3 Å². The Hall–Kier alpha value is -6.24. The summed E-state index contributed by atoms with van der Waals surface area (Å²) < 4.78 is 256. The molecule has 0 radical (unpaired) electrons. The molecule has 0 saturated heterocycles. The summed E-state index contributed by atoms with van der Waals surface area (Å²) in [5, 5.41) is -6.23. The van der Waals surface area contributed by atoms with Gasteiger partial charge in [0.05, 0.1) is 38.4 Å². The lowest BCUT2D eigenvalue weighted by Crippen LogP contribution is -1.96. The van der Waals surface area contributed by atoms with Gasteiger partial charge in [0.2, 0.25) is 0 Å². The van der Waals surface area contributed by atoms with Gasteiger partial charge in [-0.3, -0.25) is 0 Å². The van der Waals surface area contributed by atoms with Crippen molar-refractivity contribution in [3.05, 3.63) is 180 Å². The van der Waals surface area contributed by atoms with E-state index in [9.17, 15) is 17.8 Å². The van der Waals surface area contributed by atoms with Crippen LogP contribution >= 0.6 is 0 Å². The van der Waals surface area contributed by atoms with Gasteiger partial charge >= 0.3 is 0 Å². The van der Waals surface area contributed by atoms with Crippen molar-refractivity contribution in [3.63, 3.8) is 0 Å². The molecule has 0 amide bonds. The van der Waals surface area contributed by atoms with Gasteiger partial charge in [-0.2, -0.15) is 0 Å². The average Bonchev–Trinajstić information content (AvgIpc) is 3.51. The third-order valence-corrected chi connectivity index (χ3v) is 8.67. The molecule has 11 aromatic rings. The van der Waals surface area contributed by atoms with E-state index < -0.39 is 263 Å². The molecular weight excluding hydrogens is 589 g/mol. The minimum atomic E-state index is -1.01. The van der Waals surface area contributed by atoms with Crippen LogP contribution in [0.4, 0.5) is 0 Å². The van der Waals surface area contributed by atoms with Gasteiger partial charge in [0.25, 0.3) is 0 Å². The van der Waals surface area contributed by atoms with E-state index in [0.29, 0.717) is 0 Å². The van der Waals surface area contributed by atoms with Crippen LogP contribution in [0.3, 0.4) is 0 Å². The summed E-state index contributed by atoms with van der Waals surface area (Å²) in [7, 11) is 0. The maximum atomic E-state index is 10.3. The molecule has 0 spiro atoms. The first-order valence-corrected chi connectivity index (χ1v) is 15.0. The Morgan fingerprint density at radius 2 is 0.816 bits per heavy atom. The third kappa shape index (κ3) is 3.98. The molecule has 0 unspecified atom stereocenters. The molecular formula is C49H30. The largest absolute Gasteiger partial charge is 0.0636 e. The zero-order chi connectivity index (χ0) is 56.4. The Balaban J connectivity index is 1.41. The summed E-state index contributed by atoms with van der Waals surface area (Å²) in [5.74, 6) is 0. The lowest BCUT2D eigenvalue weighted by Gasteiger charge is -2.19. The Morgan fingerprint density at radius 3 is 1.47 bits per heavy atom. The van der Waals surface area contributed by atoms with E-state index in [-0.39, 0.29) is 21.5 Å². The molecule has 0 N–H and O–H groups in total. The first kappa shape index (κ1) is 11.4. The average molecular weight is 647 g/mol. The van der Waals surface area contributed by atoms with Gasteiger partial charge in [-0.1, -0.05) is 163 Å². The molecule has 0 bridgehead atoms. The van der Waals surface area contributed by atoms with Crippen LogP contribution in [0, 0.1) is 0 Å². The second-order valence-corrected chi connectivity index (χ2v) is 11.4. The van der Waals surface area contributed by atoms with Gasteiger partial charge in [0.15, 0.2) is 0 Å². The van der Waals surface area contributed by atoms with Crippen molar-refractivity contribution in [1.29, 1.82) is 0 Å². The van der Waals surface area contributed by atoms with E-state index in [1.165, 1.54) is 0 Å². The van der Waals surface area contributed by atoms with Crippen LogP contribution in [0.1, 0.15) is 49.5 Å². The summed E-state index contributed by atoms with van der Waals surface area (Å²) in [5.41, 5.74) is -4.09. The van der Waals surface area contributed by atoms with Crippen LogP contribution in [0.15, 0.2) is 169 Å². The highest BCUT2D eigenvalue weighted by molar-refractivity contribution is 6.27. The first-order chi connectivity index (χ1) is 36.0. The Kier molecular flexibility index (Phi) is 2.36. The van der Waals surface area contributed by atoms with Crippen molar-refractivity contribution in [1.82, 2.24) is 0 Å². The second kappa shape index (κ2) is 10.1. The van der Waals surface area contributed by atoms with Crippen molar-refractivity contribution in [2.75, 3.05) is 0 Å². The quantitative estimate of drug-likeness (QED) is 0.167. The number of hydrogen-bond donors (Lipinski definition) is 0. The Bertz CT molecular complexity index is 4630. The summed E-state index contributed by atoms with van der Waals surface area (Å²) in [6, 6.07) is -22.9. The Morgan fingerprint density at radius 1 is 0.327 bits per heavy atom. The zero-order valence-electron chi connectivity index (χ0n) is 52.7. The standard InChI is InChI=1S/C49H30/c1-2-6-38-27-30(11-12-31(38)5-1)28-39-17-18-40(41-23-19-36-15-13-32-7-3-9-34-21-25-43(41)48(36)46(32)34)29-45(39)42-24-20-37-16-14-33-8-4-10-35-22-26-44(42)49(37)47(33)35/h1-27,29H,28H2/i1D,2D,3D,4D,5D,6D,7D,8D,9D,10D,11D,12D,13D,14D,15D,16D,17D,18D,19D,20D,21D,22D,23D,24D,25D,26D,27D,29D. The molecule has 0 heterocycles. The van der Waals surface area contributed by atoms with E-state index in [0.717, 1.165) is 0 Å². The molecule has 0 heteroatoms. The lowest BCUT2D eigenvalue weighted by atomic mass is 9.85. The molecule has 0 aliphatic heterocycles. The molecule has 11 rings (SSSR count). The normalized spacial score (nSPS) is 20.2. The first-order valence-electron chi connectivity index (χ1n) is 29.0. The van der Waals surface area contributed by atoms with Crippen LogP contribution in [0.2, 0.25) is 0 Å². The fraction of sp³-hybridized carbons (Fsp3) is 0.0204. The predicted molar refractivity (Wildman–Crippen MR) is 211 cm³/mol. The fourth-order valence-corrected chi connectivity index (χ4v) is 6.49. The van der Waals surface area contributed by atoms with Gasteiger partial charge in [-0.15, -0.1) is 0 Å². The highest BCUT2D eigenvalue weighted by Gasteiger charge is 2.18. The third-order valence-electron chi connectivity index (χ3n) is 8.67. The number of benzene rings is 11. The van der Waals surface area contributed by atoms with Gasteiger partial charge in [-0.05, 0) is 121 Å². The molecule has 0 aromatic heterocycles. The van der Waals surface area contributed by atoms with E-state index >= 15 is 0 Å². The van der Waals surface area contributed by atoms with E-state index in [4.69, 9.17) is 20.6 Å². The number of fused-ring (bicyclic) bond motifs is 1. The van der Waals surface area contributed by atoms with Crippen LogP contribution in [0.25, 0.3) is 97.7 Å². The highest BCUT2D eigenvalue weighted by Crippen LogP contribution is 2.44. The summed E-state index contributed by atoms with van der Waals surface area (Å²) in [6.07, 6.45) is -0.973. The van der Waals surface area contributed by atoms with Crippen molar-refractivity contribution < 1.29 is 38.4 Å². The fourth-order valence-electron chi connectivity index (χ4n) is 6.49. The van der Waals surface area contributed by atoms with Crippen molar-refractivity contribution >= 4 is 75.4 Å². The van der Waals surface area contributed by atoms with Crippen LogP contribution < -0.4 is 0 Å². The predicted octanol–water partition coefficient (Wildman–Crippen LogP) is 13.6. The molecule has 226 valence electrons. The maximum Gasteiger partial charge on any atom is 0.0636 e. The second-order valence-electron chi connectivity index (χ2n) is 11.4. The lowest BCUT2D eigenvalue weighted by molar-refractivity contribution is 1.20. The minimum absolute atomic E-state index is 0.301. The number of rotatable bonds is 4. The van der Waals surface area contributed by atoms with E-state index in [1.54, 1.807) is 0 Å². The highest BCUT2D eigenvalue weighted by atomic mass is 14.2. The van der Waals surface area contributed by atoms with Crippen molar-refractivity contribution in [2.45, 2.75) is 6.42 Å².